The Morgan fingerprint density at radius 1 is 1.10 bits per heavy atom. The summed E-state index contributed by atoms with van der Waals surface area (Å²) >= 11 is 0. The molecule has 0 aliphatic rings. The molecule has 0 heterocycles. The number of carbonyl (C=O) groups excluding carboxylic acids is 1. The van der Waals surface area contributed by atoms with E-state index in [0.29, 0.717) is 30.9 Å². The van der Waals surface area contributed by atoms with Gasteiger partial charge in [0.1, 0.15) is 13.7 Å². The van der Waals surface area contributed by atoms with Crippen LogP contribution in [0.5, 0.6) is 11.5 Å². The Hall–Kier alpha value is -3.46. The van der Waals surface area contributed by atoms with Crippen LogP contribution in [0.4, 0.5) is 0 Å². The predicted molar refractivity (Wildman–Crippen MR) is 113 cm³/mol. The van der Waals surface area contributed by atoms with E-state index in [1.165, 1.54) is 7.11 Å². The number of amides is 1. The third-order valence-electron chi connectivity index (χ3n) is 4.27. The highest BCUT2D eigenvalue weighted by Gasteiger charge is 2.08. The molecule has 0 bridgehead atoms. The maximum atomic E-state index is 12.2. The van der Waals surface area contributed by atoms with E-state index >= 15 is 0 Å². The minimum Gasteiger partial charge on any atom is -0.493 e. The average molecular weight is 394 g/mol. The Kier molecular flexibility index (Phi) is 8.58. The maximum Gasteiger partial charge on any atom is 0.220 e. The second kappa shape index (κ2) is 11.4. The standard InChI is InChI=1S/C23H26N2O4/c1-5-14-29-21-12-8-18(15-22(21)27-3)9-13-23(26)24-16-19-6-10-20(11-7-19)17(2)25-28-4/h1,6-8,10-12,15H,9,13-14,16H2,2-4H3,(H,24,26). The second-order valence-corrected chi connectivity index (χ2v) is 6.31. The van der Waals surface area contributed by atoms with Gasteiger partial charge >= 0.3 is 0 Å². The number of nitrogens with one attached hydrogen (secondary N) is 1. The first-order valence-corrected chi connectivity index (χ1v) is 9.24. The van der Waals surface area contributed by atoms with Crippen LogP contribution in [0.2, 0.25) is 0 Å². The van der Waals surface area contributed by atoms with Crippen LogP contribution in [0.25, 0.3) is 0 Å². The van der Waals surface area contributed by atoms with E-state index in [9.17, 15) is 4.79 Å². The molecule has 0 atom stereocenters. The lowest BCUT2D eigenvalue weighted by Crippen LogP contribution is -2.23. The van der Waals surface area contributed by atoms with Gasteiger partial charge in [-0.05, 0) is 42.2 Å². The van der Waals surface area contributed by atoms with Gasteiger partial charge in [0.2, 0.25) is 5.91 Å². The molecular formula is C23H26N2O4. The van der Waals surface area contributed by atoms with Crippen molar-refractivity contribution >= 4 is 11.6 Å². The summed E-state index contributed by atoms with van der Waals surface area (Å²) in [5, 5.41) is 6.84. The molecule has 2 rings (SSSR count). The molecule has 2 aromatic carbocycles. The first-order chi connectivity index (χ1) is 14.1. The molecule has 152 valence electrons. The maximum absolute atomic E-state index is 12.2. The molecule has 6 heteroatoms. The van der Waals surface area contributed by atoms with E-state index in [1.54, 1.807) is 13.2 Å². The number of hydrogen-bond donors (Lipinski definition) is 1. The molecular weight excluding hydrogens is 368 g/mol. The number of ether oxygens (including phenoxy) is 2. The normalized spacial score (nSPS) is 10.8. The zero-order valence-corrected chi connectivity index (χ0v) is 17.0. The number of nitrogens with zero attached hydrogens (tertiary/aromatic N) is 1. The quantitative estimate of drug-likeness (QED) is 0.381. The van der Waals surface area contributed by atoms with Crippen molar-refractivity contribution in [3.05, 3.63) is 59.2 Å². The fourth-order valence-corrected chi connectivity index (χ4v) is 2.71. The number of aryl methyl sites for hydroxylation is 1. The number of rotatable bonds is 10. The zero-order valence-electron chi connectivity index (χ0n) is 17.0. The minimum atomic E-state index is -0.0159. The summed E-state index contributed by atoms with van der Waals surface area (Å²) in [4.78, 5) is 17.0. The number of hydrogen-bond acceptors (Lipinski definition) is 5. The molecule has 0 saturated heterocycles. The molecule has 2 aromatic rings. The van der Waals surface area contributed by atoms with E-state index in [0.717, 1.165) is 22.4 Å². The highest BCUT2D eigenvalue weighted by Crippen LogP contribution is 2.28. The Morgan fingerprint density at radius 2 is 1.83 bits per heavy atom. The van der Waals surface area contributed by atoms with Crippen LogP contribution >= 0.6 is 0 Å². The zero-order chi connectivity index (χ0) is 21.1. The fraction of sp³-hybridized carbons (Fsp3) is 0.304. The fourth-order valence-electron chi connectivity index (χ4n) is 2.71. The minimum absolute atomic E-state index is 0.0159. The van der Waals surface area contributed by atoms with Crippen LogP contribution in [-0.4, -0.2) is 32.4 Å². The van der Waals surface area contributed by atoms with Gasteiger partial charge in [-0.25, -0.2) is 0 Å². The lowest BCUT2D eigenvalue weighted by atomic mass is 10.1. The molecule has 0 aliphatic carbocycles. The lowest BCUT2D eigenvalue weighted by molar-refractivity contribution is -0.121. The number of benzene rings is 2. The van der Waals surface area contributed by atoms with Crippen LogP contribution in [-0.2, 0) is 22.6 Å². The van der Waals surface area contributed by atoms with E-state index in [4.69, 9.17) is 20.7 Å². The van der Waals surface area contributed by atoms with E-state index < -0.39 is 0 Å². The predicted octanol–water partition coefficient (Wildman–Crippen LogP) is 3.33. The van der Waals surface area contributed by atoms with Crippen molar-refractivity contribution in [3.8, 4) is 23.8 Å². The lowest BCUT2D eigenvalue weighted by Gasteiger charge is -2.11. The monoisotopic (exact) mass is 394 g/mol. The molecule has 29 heavy (non-hydrogen) atoms. The van der Waals surface area contributed by atoms with Crippen molar-refractivity contribution in [2.24, 2.45) is 5.16 Å². The van der Waals surface area contributed by atoms with Gasteiger partial charge in [-0.2, -0.15) is 0 Å². The summed E-state index contributed by atoms with van der Waals surface area (Å²) in [5.74, 6) is 3.60. The topological polar surface area (TPSA) is 69.2 Å². The highest BCUT2D eigenvalue weighted by molar-refractivity contribution is 5.98. The molecule has 6 nitrogen and oxygen atoms in total. The van der Waals surface area contributed by atoms with Crippen LogP contribution in [0.15, 0.2) is 47.6 Å². The van der Waals surface area contributed by atoms with E-state index in [2.05, 4.69) is 16.4 Å². The average Bonchev–Trinajstić information content (AvgIpc) is 2.75. The smallest absolute Gasteiger partial charge is 0.220 e. The van der Waals surface area contributed by atoms with Crippen LogP contribution in [0.3, 0.4) is 0 Å². The third-order valence-corrected chi connectivity index (χ3v) is 4.27. The van der Waals surface area contributed by atoms with Crippen LogP contribution < -0.4 is 14.8 Å². The Bertz CT molecular complexity index is 883. The number of carbonyl (C=O) groups is 1. The van der Waals surface area contributed by atoms with Crippen molar-refractivity contribution in [1.29, 1.82) is 0 Å². The van der Waals surface area contributed by atoms with Crippen molar-refractivity contribution in [1.82, 2.24) is 5.32 Å². The molecule has 1 amide bonds. The van der Waals surface area contributed by atoms with Gasteiger partial charge in [0.25, 0.3) is 0 Å². The largest absolute Gasteiger partial charge is 0.493 e. The van der Waals surface area contributed by atoms with Gasteiger partial charge in [-0.3, -0.25) is 4.79 Å². The molecule has 0 radical (unpaired) electrons. The van der Waals surface area contributed by atoms with Gasteiger partial charge in [-0.15, -0.1) is 6.42 Å². The van der Waals surface area contributed by atoms with Gasteiger partial charge in [-0.1, -0.05) is 41.4 Å². The molecule has 0 spiro atoms. The summed E-state index contributed by atoms with van der Waals surface area (Å²) in [7, 11) is 3.09. The van der Waals surface area contributed by atoms with Gasteiger partial charge in [0.05, 0.1) is 12.8 Å². The molecule has 0 fully saturated rings. The van der Waals surface area contributed by atoms with E-state index in [1.807, 2.05) is 43.3 Å². The third kappa shape index (κ3) is 6.89. The summed E-state index contributed by atoms with van der Waals surface area (Å²) in [6.07, 6.45) is 6.19. The van der Waals surface area contributed by atoms with Crippen molar-refractivity contribution in [2.45, 2.75) is 26.3 Å². The Labute approximate surface area is 171 Å². The SMILES string of the molecule is C#CCOc1ccc(CCC(=O)NCc2ccc(C(C)=NOC)cc2)cc1OC. The molecule has 1 N–H and O–H groups in total. The molecule has 0 aliphatic heterocycles. The molecule has 0 unspecified atom stereocenters. The summed E-state index contributed by atoms with van der Waals surface area (Å²) in [6.45, 7) is 2.53. The Balaban J connectivity index is 1.84. The first-order valence-electron chi connectivity index (χ1n) is 9.24. The van der Waals surface area contributed by atoms with Crippen LogP contribution in [0, 0.1) is 12.3 Å². The summed E-state index contributed by atoms with van der Waals surface area (Å²) < 4.78 is 10.8. The van der Waals surface area contributed by atoms with Crippen molar-refractivity contribution in [3.63, 3.8) is 0 Å². The van der Waals surface area contributed by atoms with Gasteiger partial charge in [0, 0.05) is 13.0 Å². The Morgan fingerprint density at radius 3 is 2.48 bits per heavy atom. The number of methoxy groups -OCH3 is 1. The van der Waals surface area contributed by atoms with Gasteiger partial charge < -0.3 is 19.6 Å². The van der Waals surface area contributed by atoms with E-state index in [-0.39, 0.29) is 12.5 Å². The number of terminal acetylenes is 1. The first kappa shape index (κ1) is 21.8. The molecule has 0 saturated carbocycles. The second-order valence-electron chi connectivity index (χ2n) is 6.31. The summed E-state index contributed by atoms with van der Waals surface area (Å²) in [5.41, 5.74) is 3.78. The highest BCUT2D eigenvalue weighted by atomic mass is 16.6. The van der Waals surface area contributed by atoms with Crippen molar-refractivity contribution in [2.75, 3.05) is 20.8 Å². The van der Waals surface area contributed by atoms with Crippen molar-refractivity contribution < 1.29 is 19.1 Å². The van der Waals surface area contributed by atoms with Gasteiger partial charge in [0.15, 0.2) is 11.5 Å². The molecule has 0 aromatic heterocycles. The van der Waals surface area contributed by atoms with Crippen LogP contribution in [0.1, 0.15) is 30.0 Å². The summed E-state index contributed by atoms with van der Waals surface area (Å²) in [6, 6.07) is 13.4. The number of oxime groups is 1.